The fourth-order valence-electron chi connectivity index (χ4n) is 1.84. The fourth-order valence-corrected chi connectivity index (χ4v) is 1.84. The minimum Gasteiger partial charge on any atom is -0.371 e. The number of hydrogen-bond donors (Lipinski definition) is 1. The van der Waals surface area contributed by atoms with Crippen LogP contribution in [0.4, 0.5) is 20.2 Å². The molecular formula is C11H9F2N3O4. The van der Waals surface area contributed by atoms with E-state index in [2.05, 4.69) is 5.32 Å². The molecule has 1 atom stereocenters. The Hall–Kier alpha value is -2.58. The van der Waals surface area contributed by atoms with Crippen molar-refractivity contribution in [3.05, 3.63) is 33.9 Å². The monoisotopic (exact) mass is 285 g/mol. The number of nitrogens with one attached hydrogen (secondary N) is 1. The Morgan fingerprint density at radius 3 is 2.50 bits per heavy atom. The SMILES string of the molecule is CN1C(=O)CC(Nc2cc([N+](=O)[O-])c(F)cc2F)C1=O. The van der Waals surface area contributed by atoms with Crippen molar-refractivity contribution >= 4 is 23.2 Å². The van der Waals surface area contributed by atoms with Crippen molar-refractivity contribution in [2.75, 3.05) is 12.4 Å². The number of halogens is 2. The Morgan fingerprint density at radius 2 is 2.00 bits per heavy atom. The molecule has 1 aromatic rings. The zero-order valence-electron chi connectivity index (χ0n) is 10.2. The minimum absolute atomic E-state index is 0.194. The molecule has 20 heavy (non-hydrogen) atoms. The summed E-state index contributed by atoms with van der Waals surface area (Å²) in [7, 11) is 1.27. The first-order valence-corrected chi connectivity index (χ1v) is 5.51. The summed E-state index contributed by atoms with van der Waals surface area (Å²) in [5.74, 6) is -3.43. The molecule has 2 rings (SSSR count). The van der Waals surface area contributed by atoms with Gasteiger partial charge in [-0.15, -0.1) is 0 Å². The summed E-state index contributed by atoms with van der Waals surface area (Å²) in [5, 5.41) is 13.0. The standard InChI is InChI=1S/C11H9F2N3O4/c1-15-10(17)4-8(11(15)18)14-7-3-9(16(19)20)6(13)2-5(7)12/h2-3,8,14H,4H2,1H3. The zero-order chi connectivity index (χ0) is 15.0. The molecule has 106 valence electrons. The predicted octanol–water partition coefficient (Wildman–Crippen LogP) is 1.04. The molecule has 9 heteroatoms. The minimum atomic E-state index is -1.32. The highest BCUT2D eigenvalue weighted by molar-refractivity contribution is 6.06. The van der Waals surface area contributed by atoms with Gasteiger partial charge in [-0.2, -0.15) is 4.39 Å². The highest BCUT2D eigenvalue weighted by Crippen LogP contribution is 2.27. The number of likely N-dealkylation sites (N-methyl/N-ethyl adjacent to an activating group) is 1. The molecule has 0 spiro atoms. The van der Waals surface area contributed by atoms with Gasteiger partial charge in [0.05, 0.1) is 17.0 Å². The number of carbonyl (C=O) groups excluding carboxylic acids is 2. The van der Waals surface area contributed by atoms with Crippen LogP contribution in [0.3, 0.4) is 0 Å². The third-order valence-electron chi connectivity index (χ3n) is 2.94. The van der Waals surface area contributed by atoms with Crippen LogP contribution in [0.5, 0.6) is 0 Å². The van der Waals surface area contributed by atoms with Gasteiger partial charge in [0.2, 0.25) is 11.7 Å². The van der Waals surface area contributed by atoms with E-state index in [0.29, 0.717) is 12.1 Å². The van der Waals surface area contributed by atoms with Gasteiger partial charge in [0.25, 0.3) is 5.91 Å². The van der Waals surface area contributed by atoms with Crippen LogP contribution in [-0.4, -0.2) is 34.7 Å². The van der Waals surface area contributed by atoms with Crippen molar-refractivity contribution in [1.82, 2.24) is 4.90 Å². The highest BCUT2D eigenvalue weighted by atomic mass is 19.1. The summed E-state index contributed by atoms with van der Waals surface area (Å²) < 4.78 is 26.7. The Morgan fingerprint density at radius 1 is 1.35 bits per heavy atom. The quantitative estimate of drug-likeness (QED) is 0.509. The molecule has 0 bridgehead atoms. The molecule has 0 radical (unpaired) electrons. The lowest BCUT2D eigenvalue weighted by Crippen LogP contribution is -2.32. The lowest BCUT2D eigenvalue weighted by molar-refractivity contribution is -0.387. The van der Waals surface area contributed by atoms with Crippen LogP contribution in [0.1, 0.15) is 6.42 Å². The first-order chi connectivity index (χ1) is 9.31. The van der Waals surface area contributed by atoms with E-state index in [1.54, 1.807) is 0 Å². The van der Waals surface area contributed by atoms with Crippen molar-refractivity contribution in [2.24, 2.45) is 0 Å². The molecule has 0 aromatic heterocycles. The molecule has 0 aliphatic carbocycles. The van der Waals surface area contributed by atoms with E-state index in [1.165, 1.54) is 7.05 Å². The number of nitro groups is 1. The third kappa shape index (κ3) is 2.29. The number of rotatable bonds is 3. The zero-order valence-corrected chi connectivity index (χ0v) is 10.2. The van der Waals surface area contributed by atoms with Gasteiger partial charge >= 0.3 is 5.69 Å². The maximum Gasteiger partial charge on any atom is 0.307 e. The number of likely N-dealkylation sites (tertiary alicyclic amines) is 1. The molecule has 1 heterocycles. The van der Waals surface area contributed by atoms with E-state index in [9.17, 15) is 28.5 Å². The topological polar surface area (TPSA) is 92.6 Å². The van der Waals surface area contributed by atoms with Crippen LogP contribution in [-0.2, 0) is 9.59 Å². The second kappa shape index (κ2) is 4.83. The van der Waals surface area contributed by atoms with Gasteiger partial charge in [-0.05, 0) is 0 Å². The van der Waals surface area contributed by atoms with E-state index in [4.69, 9.17) is 0 Å². The number of benzene rings is 1. The molecule has 1 aliphatic heterocycles. The number of imide groups is 1. The first-order valence-electron chi connectivity index (χ1n) is 5.51. The largest absolute Gasteiger partial charge is 0.371 e. The van der Waals surface area contributed by atoms with E-state index < -0.39 is 45.8 Å². The maximum absolute atomic E-state index is 13.5. The van der Waals surface area contributed by atoms with Crippen molar-refractivity contribution in [1.29, 1.82) is 0 Å². The van der Waals surface area contributed by atoms with Crippen LogP contribution < -0.4 is 5.32 Å². The normalized spacial score (nSPS) is 18.6. The summed E-state index contributed by atoms with van der Waals surface area (Å²) in [6.45, 7) is 0. The number of hydrogen-bond acceptors (Lipinski definition) is 5. The van der Waals surface area contributed by atoms with Crippen molar-refractivity contribution in [3.63, 3.8) is 0 Å². The van der Waals surface area contributed by atoms with Crippen molar-refractivity contribution < 1.29 is 23.3 Å². The first kappa shape index (κ1) is 13.8. The molecule has 2 amide bonds. The van der Waals surface area contributed by atoms with Gasteiger partial charge in [-0.25, -0.2) is 4.39 Å². The Bertz CT molecular complexity index is 620. The average molecular weight is 285 g/mol. The molecule has 1 aromatic carbocycles. The molecular weight excluding hydrogens is 276 g/mol. The fraction of sp³-hybridized carbons (Fsp3) is 0.273. The Kier molecular flexibility index (Phi) is 3.35. The van der Waals surface area contributed by atoms with E-state index in [1.807, 2.05) is 0 Å². The van der Waals surface area contributed by atoms with E-state index in [0.717, 1.165) is 4.90 Å². The molecule has 1 saturated heterocycles. The van der Waals surface area contributed by atoms with Crippen molar-refractivity contribution in [2.45, 2.75) is 12.5 Å². The summed E-state index contributed by atoms with van der Waals surface area (Å²) in [5.41, 5.74) is -1.32. The van der Waals surface area contributed by atoms with Crippen LogP contribution in [0.2, 0.25) is 0 Å². The summed E-state index contributed by atoms with van der Waals surface area (Å²) in [6.07, 6.45) is -0.194. The second-order valence-electron chi connectivity index (χ2n) is 4.23. The van der Waals surface area contributed by atoms with Crippen LogP contribution in [0.25, 0.3) is 0 Å². The van der Waals surface area contributed by atoms with Crippen molar-refractivity contribution in [3.8, 4) is 0 Å². The predicted molar refractivity (Wildman–Crippen MR) is 62.8 cm³/mol. The van der Waals surface area contributed by atoms with Gasteiger partial charge in [0.15, 0.2) is 0 Å². The number of carbonyl (C=O) groups is 2. The van der Waals surface area contributed by atoms with Crippen LogP contribution >= 0.6 is 0 Å². The number of nitrogens with zero attached hydrogens (tertiary/aromatic N) is 2. The number of anilines is 1. The van der Waals surface area contributed by atoms with Crippen LogP contribution in [0, 0.1) is 21.7 Å². The lowest BCUT2D eigenvalue weighted by Gasteiger charge is -2.13. The molecule has 7 nitrogen and oxygen atoms in total. The Labute approximate surface area is 111 Å². The second-order valence-corrected chi connectivity index (χ2v) is 4.23. The third-order valence-corrected chi connectivity index (χ3v) is 2.94. The highest BCUT2D eigenvalue weighted by Gasteiger charge is 2.36. The van der Waals surface area contributed by atoms with E-state index in [-0.39, 0.29) is 6.42 Å². The van der Waals surface area contributed by atoms with Crippen LogP contribution in [0.15, 0.2) is 12.1 Å². The smallest absolute Gasteiger partial charge is 0.307 e. The van der Waals surface area contributed by atoms with Gasteiger partial charge in [-0.3, -0.25) is 24.6 Å². The molecule has 1 fully saturated rings. The van der Waals surface area contributed by atoms with Gasteiger partial charge < -0.3 is 5.32 Å². The van der Waals surface area contributed by atoms with Gasteiger partial charge in [-0.1, -0.05) is 0 Å². The van der Waals surface area contributed by atoms with E-state index >= 15 is 0 Å². The lowest BCUT2D eigenvalue weighted by atomic mass is 10.2. The van der Waals surface area contributed by atoms with Gasteiger partial charge in [0.1, 0.15) is 11.9 Å². The number of amides is 2. The average Bonchev–Trinajstić information content (AvgIpc) is 2.60. The number of nitro benzene ring substituents is 1. The summed E-state index contributed by atoms with van der Waals surface area (Å²) in [4.78, 5) is 33.4. The molecule has 0 saturated carbocycles. The molecule has 1 unspecified atom stereocenters. The van der Waals surface area contributed by atoms with Gasteiger partial charge in [0, 0.05) is 19.2 Å². The maximum atomic E-state index is 13.5. The summed E-state index contributed by atoms with van der Waals surface area (Å²) >= 11 is 0. The molecule has 1 N–H and O–H groups in total. The summed E-state index contributed by atoms with van der Waals surface area (Å²) in [6, 6.07) is -0.0151. The Balaban J connectivity index is 2.30. The molecule has 1 aliphatic rings.